The Bertz CT molecular complexity index is 790. The SMILES string of the molecule is Cc1c(NCC(=O)Nc2ccc(Cl)cc2)cccc1N1CCCC1=O. The van der Waals surface area contributed by atoms with Gasteiger partial charge < -0.3 is 15.5 Å². The van der Waals surface area contributed by atoms with Gasteiger partial charge in [-0.05, 0) is 55.3 Å². The van der Waals surface area contributed by atoms with Gasteiger partial charge in [0.1, 0.15) is 0 Å². The highest BCUT2D eigenvalue weighted by molar-refractivity contribution is 6.30. The second-order valence-electron chi connectivity index (χ2n) is 6.01. The second-order valence-corrected chi connectivity index (χ2v) is 6.44. The summed E-state index contributed by atoms with van der Waals surface area (Å²) < 4.78 is 0. The molecule has 0 radical (unpaired) electrons. The average Bonchev–Trinajstić information content (AvgIpc) is 3.02. The van der Waals surface area contributed by atoms with Crippen LogP contribution < -0.4 is 15.5 Å². The summed E-state index contributed by atoms with van der Waals surface area (Å²) in [7, 11) is 0. The van der Waals surface area contributed by atoms with E-state index in [1.54, 1.807) is 24.3 Å². The highest BCUT2D eigenvalue weighted by atomic mass is 35.5. The van der Waals surface area contributed by atoms with Gasteiger partial charge in [0.05, 0.1) is 6.54 Å². The molecule has 1 aliphatic heterocycles. The minimum absolute atomic E-state index is 0.140. The number of amides is 2. The molecular formula is C19H20ClN3O2. The first kappa shape index (κ1) is 17.3. The number of carbonyl (C=O) groups excluding carboxylic acids is 2. The summed E-state index contributed by atoms with van der Waals surface area (Å²) in [5, 5.41) is 6.58. The van der Waals surface area contributed by atoms with Gasteiger partial charge in [-0.15, -0.1) is 0 Å². The maximum Gasteiger partial charge on any atom is 0.243 e. The number of nitrogens with one attached hydrogen (secondary N) is 2. The number of rotatable bonds is 5. The normalized spacial score (nSPS) is 13.8. The summed E-state index contributed by atoms with van der Waals surface area (Å²) in [6, 6.07) is 12.7. The van der Waals surface area contributed by atoms with Gasteiger partial charge in [-0.3, -0.25) is 9.59 Å². The molecule has 2 aromatic carbocycles. The van der Waals surface area contributed by atoms with Crippen molar-refractivity contribution in [2.75, 3.05) is 28.6 Å². The van der Waals surface area contributed by atoms with E-state index in [1.807, 2.05) is 30.0 Å². The smallest absolute Gasteiger partial charge is 0.243 e. The first-order chi connectivity index (χ1) is 12.0. The lowest BCUT2D eigenvalue weighted by atomic mass is 10.1. The third-order valence-electron chi connectivity index (χ3n) is 4.24. The van der Waals surface area contributed by atoms with Gasteiger partial charge in [0.2, 0.25) is 11.8 Å². The maximum atomic E-state index is 12.1. The molecule has 2 N–H and O–H groups in total. The Morgan fingerprint density at radius 3 is 2.64 bits per heavy atom. The second kappa shape index (κ2) is 7.57. The van der Waals surface area contributed by atoms with E-state index >= 15 is 0 Å². The molecule has 0 aromatic heterocycles. The number of carbonyl (C=O) groups is 2. The van der Waals surface area contributed by atoms with E-state index in [9.17, 15) is 9.59 Å². The van der Waals surface area contributed by atoms with Crippen LogP contribution in [0.1, 0.15) is 18.4 Å². The van der Waals surface area contributed by atoms with E-state index in [2.05, 4.69) is 10.6 Å². The molecule has 0 spiro atoms. The van der Waals surface area contributed by atoms with Crippen molar-refractivity contribution in [1.82, 2.24) is 0 Å². The summed E-state index contributed by atoms with van der Waals surface area (Å²) >= 11 is 5.83. The zero-order chi connectivity index (χ0) is 17.8. The van der Waals surface area contributed by atoms with Crippen LogP contribution in [-0.2, 0) is 9.59 Å². The van der Waals surface area contributed by atoms with E-state index in [0.29, 0.717) is 17.1 Å². The Hall–Kier alpha value is -2.53. The van der Waals surface area contributed by atoms with Crippen molar-refractivity contribution in [3.8, 4) is 0 Å². The first-order valence-electron chi connectivity index (χ1n) is 8.24. The number of hydrogen-bond acceptors (Lipinski definition) is 3. The lowest BCUT2D eigenvalue weighted by Gasteiger charge is -2.20. The van der Waals surface area contributed by atoms with E-state index in [4.69, 9.17) is 11.6 Å². The minimum atomic E-state index is -0.149. The molecule has 2 aromatic rings. The van der Waals surface area contributed by atoms with Gasteiger partial charge in [-0.2, -0.15) is 0 Å². The molecule has 0 atom stereocenters. The molecule has 1 saturated heterocycles. The van der Waals surface area contributed by atoms with Gasteiger partial charge >= 0.3 is 0 Å². The minimum Gasteiger partial charge on any atom is -0.376 e. The number of hydrogen-bond donors (Lipinski definition) is 2. The van der Waals surface area contributed by atoms with Gasteiger partial charge in [0, 0.05) is 35.1 Å². The molecule has 0 saturated carbocycles. The van der Waals surface area contributed by atoms with Crippen LogP contribution in [0.5, 0.6) is 0 Å². The van der Waals surface area contributed by atoms with Gasteiger partial charge in [0.25, 0.3) is 0 Å². The quantitative estimate of drug-likeness (QED) is 0.855. The van der Waals surface area contributed by atoms with Crippen molar-refractivity contribution in [3.63, 3.8) is 0 Å². The van der Waals surface area contributed by atoms with Crippen LogP contribution in [-0.4, -0.2) is 24.9 Å². The molecule has 0 unspecified atom stereocenters. The molecule has 130 valence electrons. The van der Waals surface area contributed by atoms with E-state index in [1.165, 1.54) is 0 Å². The standard InChI is InChI=1S/C19H20ClN3O2/c1-13-16(4-2-5-17(13)23-11-3-6-19(23)25)21-12-18(24)22-15-9-7-14(20)8-10-15/h2,4-5,7-10,21H,3,6,11-12H2,1H3,(H,22,24). The van der Waals surface area contributed by atoms with E-state index in [-0.39, 0.29) is 18.4 Å². The van der Waals surface area contributed by atoms with E-state index in [0.717, 1.165) is 29.9 Å². The number of halogens is 1. The lowest BCUT2D eigenvalue weighted by Crippen LogP contribution is -2.25. The zero-order valence-corrected chi connectivity index (χ0v) is 14.8. The van der Waals surface area contributed by atoms with Crippen LogP contribution >= 0.6 is 11.6 Å². The molecule has 25 heavy (non-hydrogen) atoms. The van der Waals surface area contributed by atoms with Gasteiger partial charge in [0.15, 0.2) is 0 Å². The van der Waals surface area contributed by atoms with Crippen molar-refractivity contribution in [1.29, 1.82) is 0 Å². The molecule has 3 rings (SSSR count). The number of nitrogens with zero attached hydrogens (tertiary/aromatic N) is 1. The highest BCUT2D eigenvalue weighted by Gasteiger charge is 2.23. The van der Waals surface area contributed by atoms with Crippen molar-refractivity contribution < 1.29 is 9.59 Å². The van der Waals surface area contributed by atoms with Crippen molar-refractivity contribution >= 4 is 40.5 Å². The van der Waals surface area contributed by atoms with Crippen LogP contribution in [0.4, 0.5) is 17.1 Å². The Balaban J connectivity index is 1.64. The summed E-state index contributed by atoms with van der Waals surface area (Å²) in [4.78, 5) is 25.9. The number of anilines is 3. The predicted molar refractivity (Wildman–Crippen MR) is 101 cm³/mol. The third kappa shape index (κ3) is 4.12. The molecule has 5 nitrogen and oxygen atoms in total. The monoisotopic (exact) mass is 357 g/mol. The Morgan fingerprint density at radius 2 is 1.96 bits per heavy atom. The largest absolute Gasteiger partial charge is 0.376 e. The fraction of sp³-hybridized carbons (Fsp3) is 0.263. The summed E-state index contributed by atoms with van der Waals surface area (Å²) in [5.41, 5.74) is 3.43. The third-order valence-corrected chi connectivity index (χ3v) is 4.49. The first-order valence-corrected chi connectivity index (χ1v) is 8.61. The molecule has 1 heterocycles. The van der Waals surface area contributed by atoms with Crippen LogP contribution in [0, 0.1) is 6.92 Å². The van der Waals surface area contributed by atoms with Gasteiger partial charge in [-0.1, -0.05) is 17.7 Å². The van der Waals surface area contributed by atoms with Crippen LogP contribution in [0.15, 0.2) is 42.5 Å². The van der Waals surface area contributed by atoms with Gasteiger partial charge in [-0.25, -0.2) is 0 Å². The summed E-state index contributed by atoms with van der Waals surface area (Å²) in [6.07, 6.45) is 1.49. The van der Waals surface area contributed by atoms with Crippen molar-refractivity contribution in [2.45, 2.75) is 19.8 Å². The molecular weight excluding hydrogens is 338 g/mol. The zero-order valence-electron chi connectivity index (χ0n) is 14.0. The maximum absolute atomic E-state index is 12.1. The Kier molecular flexibility index (Phi) is 5.24. The predicted octanol–water partition coefficient (Wildman–Crippen LogP) is 3.83. The summed E-state index contributed by atoms with van der Waals surface area (Å²) in [6.45, 7) is 2.85. The van der Waals surface area contributed by atoms with Crippen molar-refractivity contribution in [3.05, 3.63) is 53.1 Å². The molecule has 0 bridgehead atoms. The highest BCUT2D eigenvalue weighted by Crippen LogP contribution is 2.29. The van der Waals surface area contributed by atoms with Crippen molar-refractivity contribution in [2.24, 2.45) is 0 Å². The molecule has 1 aliphatic rings. The fourth-order valence-corrected chi connectivity index (χ4v) is 3.05. The molecule has 1 fully saturated rings. The topological polar surface area (TPSA) is 61.4 Å². The average molecular weight is 358 g/mol. The molecule has 2 amide bonds. The number of benzene rings is 2. The van der Waals surface area contributed by atoms with Crippen LogP contribution in [0.3, 0.4) is 0 Å². The summed E-state index contributed by atoms with van der Waals surface area (Å²) in [5.74, 6) is 0.00473. The lowest BCUT2D eigenvalue weighted by molar-refractivity contribution is -0.117. The molecule has 6 heteroatoms. The van der Waals surface area contributed by atoms with Crippen LogP contribution in [0.2, 0.25) is 5.02 Å². The van der Waals surface area contributed by atoms with Crippen LogP contribution in [0.25, 0.3) is 0 Å². The fourth-order valence-electron chi connectivity index (χ4n) is 2.92. The Labute approximate surface area is 152 Å². The van der Waals surface area contributed by atoms with E-state index < -0.39 is 0 Å². The molecule has 0 aliphatic carbocycles. The Morgan fingerprint density at radius 1 is 1.20 bits per heavy atom.